The summed E-state index contributed by atoms with van der Waals surface area (Å²) >= 11 is 0. The van der Waals surface area contributed by atoms with Gasteiger partial charge in [-0.1, -0.05) is 0 Å². The molecule has 7 heteroatoms. The summed E-state index contributed by atoms with van der Waals surface area (Å²) in [5.41, 5.74) is 0. The van der Waals surface area contributed by atoms with Gasteiger partial charge < -0.3 is 14.2 Å². The molecule has 0 aromatic carbocycles. The van der Waals surface area contributed by atoms with Crippen LogP contribution in [0, 0.1) is 0 Å². The Bertz CT molecular complexity index is 262. The van der Waals surface area contributed by atoms with E-state index in [2.05, 4.69) is 4.74 Å². The van der Waals surface area contributed by atoms with Crippen molar-refractivity contribution in [2.75, 3.05) is 19.8 Å². The fourth-order valence-corrected chi connectivity index (χ4v) is 1.68. The molecule has 0 saturated carbocycles. The standard InChI is InChI=1S/C11H17F3O4/c1-2-17-10(15)9(6-11(12,13)14)18-8-4-3-5-16-7-8/h8-9H,2-7H2,1H3. The van der Waals surface area contributed by atoms with Crippen LogP contribution in [0.3, 0.4) is 0 Å². The number of halogens is 3. The molecule has 0 spiro atoms. The minimum atomic E-state index is -4.47. The molecule has 0 aliphatic carbocycles. The van der Waals surface area contributed by atoms with E-state index in [9.17, 15) is 18.0 Å². The molecule has 1 heterocycles. The second-order valence-corrected chi connectivity index (χ2v) is 4.04. The first kappa shape index (κ1) is 15.2. The van der Waals surface area contributed by atoms with Crippen LogP contribution in [0.15, 0.2) is 0 Å². The minimum Gasteiger partial charge on any atom is -0.464 e. The van der Waals surface area contributed by atoms with Crippen molar-refractivity contribution in [2.45, 2.75) is 44.6 Å². The van der Waals surface area contributed by atoms with Gasteiger partial charge in [-0.3, -0.25) is 0 Å². The Balaban J connectivity index is 2.55. The predicted octanol–water partition coefficient (Wildman–Crippen LogP) is 2.07. The van der Waals surface area contributed by atoms with Crippen molar-refractivity contribution in [2.24, 2.45) is 0 Å². The average molecular weight is 270 g/mol. The molecule has 4 nitrogen and oxygen atoms in total. The summed E-state index contributed by atoms with van der Waals surface area (Å²) in [6.45, 7) is 2.35. The number of alkyl halides is 3. The molecule has 2 unspecified atom stereocenters. The number of rotatable bonds is 5. The van der Waals surface area contributed by atoms with Crippen LogP contribution in [0.5, 0.6) is 0 Å². The average Bonchev–Trinajstić information content (AvgIpc) is 2.28. The number of hydrogen-bond acceptors (Lipinski definition) is 4. The van der Waals surface area contributed by atoms with Gasteiger partial charge in [0.2, 0.25) is 0 Å². The Morgan fingerprint density at radius 3 is 2.72 bits per heavy atom. The van der Waals surface area contributed by atoms with Gasteiger partial charge in [0, 0.05) is 6.61 Å². The second-order valence-electron chi connectivity index (χ2n) is 4.04. The SMILES string of the molecule is CCOC(=O)C(CC(F)(F)F)OC1CCCOC1. The van der Waals surface area contributed by atoms with Crippen molar-refractivity contribution in [3.8, 4) is 0 Å². The smallest absolute Gasteiger partial charge is 0.392 e. The lowest BCUT2D eigenvalue weighted by Crippen LogP contribution is -2.38. The van der Waals surface area contributed by atoms with Gasteiger partial charge in [-0.05, 0) is 19.8 Å². The molecule has 0 amide bonds. The third kappa shape index (κ3) is 5.68. The summed E-state index contributed by atoms with van der Waals surface area (Å²) in [6.07, 6.45) is -6.57. The lowest BCUT2D eigenvalue weighted by molar-refractivity contribution is -0.194. The maximum absolute atomic E-state index is 12.3. The third-order valence-corrected chi connectivity index (χ3v) is 2.44. The molecule has 18 heavy (non-hydrogen) atoms. The summed E-state index contributed by atoms with van der Waals surface area (Å²) in [5, 5.41) is 0. The number of carbonyl (C=O) groups is 1. The lowest BCUT2D eigenvalue weighted by atomic mass is 10.1. The van der Waals surface area contributed by atoms with E-state index in [1.165, 1.54) is 6.92 Å². The van der Waals surface area contributed by atoms with Crippen molar-refractivity contribution in [1.82, 2.24) is 0 Å². The maximum Gasteiger partial charge on any atom is 0.392 e. The van der Waals surface area contributed by atoms with E-state index in [4.69, 9.17) is 9.47 Å². The molecule has 2 atom stereocenters. The van der Waals surface area contributed by atoms with Gasteiger partial charge in [-0.2, -0.15) is 13.2 Å². The van der Waals surface area contributed by atoms with Crippen molar-refractivity contribution in [1.29, 1.82) is 0 Å². The second kappa shape index (κ2) is 6.94. The number of esters is 1. The van der Waals surface area contributed by atoms with Crippen LogP contribution in [0.1, 0.15) is 26.2 Å². The molecule has 1 fully saturated rings. The Hall–Kier alpha value is -0.820. The van der Waals surface area contributed by atoms with Crippen LogP contribution < -0.4 is 0 Å². The zero-order valence-corrected chi connectivity index (χ0v) is 10.2. The molecule has 0 N–H and O–H groups in total. The first-order valence-corrected chi connectivity index (χ1v) is 5.89. The van der Waals surface area contributed by atoms with Crippen LogP contribution in [0.25, 0.3) is 0 Å². The minimum absolute atomic E-state index is 0.0255. The van der Waals surface area contributed by atoms with Gasteiger partial charge in [0.15, 0.2) is 6.10 Å². The van der Waals surface area contributed by atoms with Crippen molar-refractivity contribution in [3.05, 3.63) is 0 Å². The Morgan fingerprint density at radius 2 is 2.22 bits per heavy atom. The fraction of sp³-hybridized carbons (Fsp3) is 0.909. The summed E-state index contributed by atoms with van der Waals surface area (Å²) in [7, 11) is 0. The molecule has 0 aromatic rings. The summed E-state index contributed by atoms with van der Waals surface area (Å²) in [5.74, 6) is -0.972. The van der Waals surface area contributed by atoms with Crippen LogP contribution >= 0.6 is 0 Å². The van der Waals surface area contributed by atoms with Crippen molar-refractivity contribution >= 4 is 5.97 Å². The van der Waals surface area contributed by atoms with E-state index < -0.39 is 30.8 Å². The van der Waals surface area contributed by atoms with Crippen molar-refractivity contribution in [3.63, 3.8) is 0 Å². The first-order valence-electron chi connectivity index (χ1n) is 5.89. The topological polar surface area (TPSA) is 44.8 Å². The van der Waals surface area contributed by atoms with Crippen LogP contribution in [-0.4, -0.2) is 44.2 Å². The molecule has 106 valence electrons. The van der Waals surface area contributed by atoms with Gasteiger partial charge in [0.05, 0.1) is 25.7 Å². The highest BCUT2D eigenvalue weighted by Gasteiger charge is 2.38. The van der Waals surface area contributed by atoms with Gasteiger partial charge in [0.1, 0.15) is 0 Å². The highest BCUT2D eigenvalue weighted by atomic mass is 19.4. The number of hydrogen-bond donors (Lipinski definition) is 0. The Morgan fingerprint density at radius 1 is 1.50 bits per heavy atom. The quantitative estimate of drug-likeness (QED) is 0.717. The molecule has 0 bridgehead atoms. The zero-order valence-electron chi connectivity index (χ0n) is 10.2. The third-order valence-electron chi connectivity index (χ3n) is 2.44. The summed E-state index contributed by atoms with van der Waals surface area (Å²) < 4.78 is 51.9. The van der Waals surface area contributed by atoms with Crippen molar-refractivity contribution < 1.29 is 32.2 Å². The Kier molecular flexibility index (Phi) is 5.87. The van der Waals surface area contributed by atoms with Crippen LogP contribution in [0.2, 0.25) is 0 Å². The normalized spacial score (nSPS) is 22.6. The molecule has 1 saturated heterocycles. The van der Waals surface area contributed by atoms with Gasteiger partial charge in [-0.15, -0.1) is 0 Å². The van der Waals surface area contributed by atoms with Gasteiger partial charge in [0.25, 0.3) is 0 Å². The van der Waals surface area contributed by atoms with E-state index in [1.807, 2.05) is 0 Å². The summed E-state index contributed by atoms with van der Waals surface area (Å²) in [4.78, 5) is 11.4. The zero-order chi connectivity index (χ0) is 13.6. The predicted molar refractivity (Wildman–Crippen MR) is 56.0 cm³/mol. The van der Waals surface area contributed by atoms with E-state index in [0.717, 1.165) is 0 Å². The number of carbonyl (C=O) groups excluding carboxylic acids is 1. The van der Waals surface area contributed by atoms with E-state index >= 15 is 0 Å². The molecule has 0 radical (unpaired) electrons. The van der Waals surface area contributed by atoms with E-state index in [1.54, 1.807) is 0 Å². The van der Waals surface area contributed by atoms with Gasteiger partial charge >= 0.3 is 12.1 Å². The maximum atomic E-state index is 12.3. The largest absolute Gasteiger partial charge is 0.464 e. The van der Waals surface area contributed by atoms with E-state index in [0.29, 0.717) is 19.4 Å². The molecule has 1 aliphatic rings. The highest BCUT2D eigenvalue weighted by molar-refractivity contribution is 5.74. The van der Waals surface area contributed by atoms with E-state index in [-0.39, 0.29) is 13.2 Å². The molecule has 1 rings (SSSR count). The highest BCUT2D eigenvalue weighted by Crippen LogP contribution is 2.25. The molecule has 1 aliphatic heterocycles. The first-order chi connectivity index (χ1) is 8.42. The Labute approximate surface area is 103 Å². The van der Waals surface area contributed by atoms with Gasteiger partial charge in [-0.25, -0.2) is 4.79 Å². The monoisotopic (exact) mass is 270 g/mol. The summed E-state index contributed by atoms with van der Waals surface area (Å²) in [6, 6.07) is 0. The molecular weight excluding hydrogens is 253 g/mol. The molecular formula is C11H17F3O4. The van der Waals surface area contributed by atoms with Crippen LogP contribution in [-0.2, 0) is 19.0 Å². The molecule has 0 aromatic heterocycles. The fourth-order valence-electron chi connectivity index (χ4n) is 1.68. The lowest BCUT2D eigenvalue weighted by Gasteiger charge is -2.27. The number of ether oxygens (including phenoxy) is 3. The van der Waals surface area contributed by atoms with Crippen LogP contribution in [0.4, 0.5) is 13.2 Å².